The molecule has 1 aromatic rings. The third-order valence-corrected chi connectivity index (χ3v) is 5.25. The Hall–Kier alpha value is -1.50. The van der Waals surface area contributed by atoms with E-state index in [2.05, 4.69) is 27.6 Å². The van der Waals surface area contributed by atoms with Crippen LogP contribution in [0.3, 0.4) is 0 Å². The quantitative estimate of drug-likeness (QED) is 0.530. The molecule has 1 aromatic carbocycles. The number of allylic oxidation sites excluding steroid dienone is 2. The molecule has 2 aliphatic rings. The Morgan fingerprint density at radius 3 is 2.88 bits per heavy atom. The largest absolute Gasteiger partial charge is 0.465 e. The van der Waals surface area contributed by atoms with Crippen LogP contribution >= 0.6 is 22.6 Å². The molecule has 0 spiro atoms. The van der Waals surface area contributed by atoms with E-state index in [1.807, 2.05) is 31.2 Å². The summed E-state index contributed by atoms with van der Waals surface area (Å²) in [6, 6.07) is 8.01. The van der Waals surface area contributed by atoms with E-state index in [1.54, 1.807) is 6.92 Å². The van der Waals surface area contributed by atoms with Crippen molar-refractivity contribution in [2.45, 2.75) is 39.0 Å². The van der Waals surface area contributed by atoms with E-state index in [4.69, 9.17) is 4.74 Å². The lowest BCUT2D eigenvalue weighted by Gasteiger charge is -2.34. The van der Waals surface area contributed by atoms with Gasteiger partial charge in [0.1, 0.15) is 5.92 Å². The monoisotopic (exact) mass is 437 g/mol. The summed E-state index contributed by atoms with van der Waals surface area (Å²) in [5.74, 6) is -0.999. The third kappa shape index (κ3) is 3.18. The first-order valence-electron chi connectivity index (χ1n) is 8.26. The maximum Gasteiger partial charge on any atom is 0.315 e. The highest BCUT2D eigenvalue weighted by Crippen LogP contribution is 2.43. The number of nitrogens with zero attached hydrogens (tertiary/aromatic N) is 1. The minimum absolute atomic E-state index is 0.116. The van der Waals surface area contributed by atoms with Crippen molar-refractivity contribution in [3.63, 3.8) is 0 Å². The van der Waals surface area contributed by atoms with E-state index in [9.17, 15) is 9.59 Å². The van der Waals surface area contributed by atoms with Crippen LogP contribution in [0.5, 0.6) is 0 Å². The molecule has 24 heavy (non-hydrogen) atoms. The van der Waals surface area contributed by atoms with Crippen molar-refractivity contribution in [2.75, 3.05) is 6.61 Å². The molecule has 5 heteroatoms. The van der Waals surface area contributed by atoms with Gasteiger partial charge in [-0.3, -0.25) is 14.6 Å². The predicted octanol–water partition coefficient (Wildman–Crippen LogP) is 4.04. The van der Waals surface area contributed by atoms with Gasteiger partial charge >= 0.3 is 5.97 Å². The minimum atomic E-state index is -0.524. The molecule has 1 heterocycles. The first-order chi connectivity index (χ1) is 11.5. The second-order valence-corrected chi connectivity index (χ2v) is 7.40. The van der Waals surface area contributed by atoms with Gasteiger partial charge in [-0.2, -0.15) is 0 Å². The number of halogens is 1. The molecular formula is C19H20INO3. The zero-order valence-corrected chi connectivity index (χ0v) is 16.0. The highest BCUT2D eigenvalue weighted by atomic mass is 127. The Balaban J connectivity index is 2.15. The van der Waals surface area contributed by atoms with Gasteiger partial charge in [-0.25, -0.2) is 0 Å². The minimum Gasteiger partial charge on any atom is -0.465 e. The summed E-state index contributed by atoms with van der Waals surface area (Å²) in [5.41, 5.74) is 3.29. The number of aliphatic imine (C=N–C) groups is 1. The molecular weight excluding hydrogens is 417 g/mol. The van der Waals surface area contributed by atoms with Gasteiger partial charge in [0.2, 0.25) is 0 Å². The van der Waals surface area contributed by atoms with Crippen molar-refractivity contribution >= 4 is 40.1 Å². The lowest BCUT2D eigenvalue weighted by Crippen LogP contribution is -2.37. The maximum absolute atomic E-state index is 12.6. The molecule has 4 nitrogen and oxygen atoms in total. The van der Waals surface area contributed by atoms with Gasteiger partial charge < -0.3 is 4.74 Å². The van der Waals surface area contributed by atoms with Crippen molar-refractivity contribution in [1.29, 1.82) is 0 Å². The normalized spacial score (nSPS) is 23.6. The molecule has 2 atom stereocenters. The van der Waals surface area contributed by atoms with Crippen LogP contribution in [-0.4, -0.2) is 24.1 Å². The van der Waals surface area contributed by atoms with Crippen LogP contribution in [0.25, 0.3) is 0 Å². The molecule has 3 rings (SSSR count). The van der Waals surface area contributed by atoms with Gasteiger partial charge in [-0.15, -0.1) is 0 Å². The predicted molar refractivity (Wildman–Crippen MR) is 101 cm³/mol. The summed E-state index contributed by atoms with van der Waals surface area (Å²) < 4.78 is 6.37. The van der Waals surface area contributed by atoms with Crippen molar-refractivity contribution < 1.29 is 14.3 Å². The molecule has 0 fully saturated rings. The molecule has 0 aromatic heterocycles. The summed E-state index contributed by atoms with van der Waals surface area (Å²) in [6.45, 7) is 3.98. The number of benzene rings is 1. The SMILES string of the molecule is CCOC(=O)C1C(C)=NC2=C(C(=O)CCC2)[C@H]1c1cccc(I)c1. The summed E-state index contributed by atoms with van der Waals surface area (Å²) in [4.78, 5) is 29.9. The number of ketones is 1. The van der Waals surface area contributed by atoms with E-state index in [0.29, 0.717) is 18.6 Å². The molecule has 0 saturated carbocycles. The van der Waals surface area contributed by atoms with Crippen LogP contribution in [-0.2, 0) is 14.3 Å². The highest BCUT2D eigenvalue weighted by Gasteiger charge is 2.43. The Labute approximate surface area is 155 Å². The van der Waals surface area contributed by atoms with Crippen molar-refractivity contribution in [3.8, 4) is 0 Å². The van der Waals surface area contributed by atoms with Crippen molar-refractivity contribution in [2.24, 2.45) is 10.9 Å². The molecule has 0 bridgehead atoms. The van der Waals surface area contributed by atoms with Gasteiger partial charge in [0.15, 0.2) is 5.78 Å². The Morgan fingerprint density at radius 1 is 1.38 bits per heavy atom. The Kier molecular flexibility index (Phi) is 5.18. The third-order valence-electron chi connectivity index (χ3n) is 4.58. The van der Waals surface area contributed by atoms with E-state index < -0.39 is 5.92 Å². The number of hydrogen-bond acceptors (Lipinski definition) is 4. The number of ether oxygens (including phenoxy) is 1. The Bertz CT molecular complexity index is 751. The van der Waals surface area contributed by atoms with Crippen LogP contribution in [0.15, 0.2) is 40.5 Å². The molecule has 1 aliphatic heterocycles. The van der Waals surface area contributed by atoms with Gasteiger partial charge in [0, 0.05) is 32.9 Å². The lowest BCUT2D eigenvalue weighted by atomic mass is 9.72. The second-order valence-electron chi connectivity index (χ2n) is 6.15. The molecule has 0 radical (unpaired) electrons. The number of esters is 1. The first-order valence-corrected chi connectivity index (χ1v) is 9.34. The van der Waals surface area contributed by atoms with Gasteiger partial charge in [-0.05, 0) is 67.0 Å². The average molecular weight is 437 g/mol. The zero-order chi connectivity index (χ0) is 17.3. The van der Waals surface area contributed by atoms with E-state index >= 15 is 0 Å². The van der Waals surface area contributed by atoms with Crippen LogP contribution in [0.1, 0.15) is 44.6 Å². The highest BCUT2D eigenvalue weighted by molar-refractivity contribution is 14.1. The van der Waals surface area contributed by atoms with Gasteiger partial charge in [0.05, 0.1) is 6.61 Å². The van der Waals surface area contributed by atoms with Crippen molar-refractivity contribution in [1.82, 2.24) is 0 Å². The van der Waals surface area contributed by atoms with E-state index in [-0.39, 0.29) is 17.7 Å². The summed E-state index contributed by atoms with van der Waals surface area (Å²) in [6.07, 6.45) is 2.16. The molecule has 0 amide bonds. The number of hydrogen-bond donors (Lipinski definition) is 0. The molecule has 1 aliphatic carbocycles. The fourth-order valence-electron chi connectivity index (χ4n) is 3.60. The number of carbonyl (C=O) groups excluding carboxylic acids is 2. The zero-order valence-electron chi connectivity index (χ0n) is 13.8. The molecule has 0 saturated heterocycles. The summed E-state index contributed by atoms with van der Waals surface area (Å²) in [7, 11) is 0. The topological polar surface area (TPSA) is 55.7 Å². The fourth-order valence-corrected chi connectivity index (χ4v) is 4.17. The summed E-state index contributed by atoms with van der Waals surface area (Å²) >= 11 is 2.25. The van der Waals surface area contributed by atoms with Gasteiger partial charge in [0.25, 0.3) is 0 Å². The standard InChI is InChI=1S/C19H20INO3/c1-3-24-19(23)16-11(2)21-14-8-5-9-15(22)18(14)17(16)12-6-4-7-13(20)10-12/h4,6-7,10,16-17H,3,5,8-9H2,1-2H3/t16?,17-/m0/s1. The lowest BCUT2D eigenvalue weighted by molar-refractivity contribution is -0.146. The fraction of sp³-hybridized carbons (Fsp3) is 0.421. The van der Waals surface area contributed by atoms with Crippen LogP contribution in [0.4, 0.5) is 0 Å². The second kappa shape index (κ2) is 7.17. The maximum atomic E-state index is 12.6. The molecule has 0 N–H and O–H groups in total. The average Bonchev–Trinajstić information content (AvgIpc) is 2.54. The number of rotatable bonds is 3. The number of Topliss-reactive ketones (excluding diaryl/α,β-unsaturated/α-hetero) is 1. The first kappa shape index (κ1) is 17.3. The Morgan fingerprint density at radius 2 is 2.17 bits per heavy atom. The van der Waals surface area contributed by atoms with Crippen molar-refractivity contribution in [3.05, 3.63) is 44.7 Å². The number of carbonyl (C=O) groups is 2. The van der Waals surface area contributed by atoms with E-state index in [0.717, 1.165) is 33.4 Å². The van der Waals surface area contributed by atoms with Gasteiger partial charge in [-0.1, -0.05) is 12.1 Å². The van der Waals surface area contributed by atoms with E-state index in [1.165, 1.54) is 0 Å². The van der Waals surface area contributed by atoms with Crippen LogP contribution in [0.2, 0.25) is 0 Å². The smallest absolute Gasteiger partial charge is 0.315 e. The molecule has 126 valence electrons. The van der Waals surface area contributed by atoms with Crippen LogP contribution in [0, 0.1) is 9.49 Å². The summed E-state index contributed by atoms with van der Waals surface area (Å²) in [5, 5.41) is 0. The van der Waals surface area contributed by atoms with Crippen LogP contribution < -0.4 is 0 Å². The molecule has 1 unspecified atom stereocenters.